The highest BCUT2D eigenvalue weighted by Crippen LogP contribution is 2.55. The van der Waals surface area contributed by atoms with E-state index >= 15 is 0 Å². The number of allylic oxidation sites excluding steroid dienone is 2. The molecular formula is C21H28O2. The molecule has 0 aromatic heterocycles. The molecule has 124 valence electrons. The molecule has 0 aliphatic heterocycles. The van der Waals surface area contributed by atoms with Gasteiger partial charge in [-0.2, -0.15) is 0 Å². The molecule has 1 saturated carbocycles. The summed E-state index contributed by atoms with van der Waals surface area (Å²) >= 11 is 0. The molecule has 0 bridgehead atoms. The van der Waals surface area contributed by atoms with Gasteiger partial charge in [0.15, 0.2) is 0 Å². The van der Waals surface area contributed by atoms with Crippen LogP contribution in [0.15, 0.2) is 17.9 Å². The summed E-state index contributed by atoms with van der Waals surface area (Å²) in [5.41, 5.74) is 6.61. The maximum absolute atomic E-state index is 11.8. The van der Waals surface area contributed by atoms with E-state index in [-0.39, 0.29) is 11.4 Å². The molecule has 23 heavy (non-hydrogen) atoms. The van der Waals surface area contributed by atoms with Crippen molar-refractivity contribution in [1.82, 2.24) is 0 Å². The fourth-order valence-corrected chi connectivity index (χ4v) is 4.83. The number of hydrogen-bond donors (Lipinski definition) is 0. The van der Waals surface area contributed by atoms with Gasteiger partial charge in [-0.15, -0.1) is 0 Å². The SMILES string of the molecule is CC(=O)OC1=C(c2c(C)cc(C)cc2C)CCC12CCCCC2. The van der Waals surface area contributed by atoms with E-state index in [1.165, 1.54) is 66.9 Å². The van der Waals surface area contributed by atoms with Crippen molar-refractivity contribution in [3.05, 3.63) is 40.1 Å². The van der Waals surface area contributed by atoms with Crippen LogP contribution in [0.25, 0.3) is 5.57 Å². The largest absolute Gasteiger partial charge is 0.430 e. The summed E-state index contributed by atoms with van der Waals surface area (Å²) in [5.74, 6) is 0.825. The number of rotatable bonds is 2. The highest BCUT2D eigenvalue weighted by Gasteiger charge is 2.44. The second-order valence-electron chi connectivity index (χ2n) is 7.52. The molecule has 0 atom stereocenters. The zero-order chi connectivity index (χ0) is 16.6. The normalized spacial score (nSPS) is 20.2. The number of aryl methyl sites for hydroxylation is 3. The van der Waals surface area contributed by atoms with Crippen LogP contribution in [0, 0.1) is 26.2 Å². The van der Waals surface area contributed by atoms with E-state index in [1.54, 1.807) is 0 Å². The number of ether oxygens (including phenoxy) is 1. The van der Waals surface area contributed by atoms with Gasteiger partial charge in [0, 0.05) is 12.3 Å². The quantitative estimate of drug-likeness (QED) is 0.661. The van der Waals surface area contributed by atoms with Gasteiger partial charge in [-0.25, -0.2) is 0 Å². The fourth-order valence-electron chi connectivity index (χ4n) is 4.83. The van der Waals surface area contributed by atoms with Crippen molar-refractivity contribution >= 4 is 11.5 Å². The first-order chi connectivity index (χ1) is 10.9. The first-order valence-electron chi connectivity index (χ1n) is 8.93. The van der Waals surface area contributed by atoms with Crippen LogP contribution < -0.4 is 0 Å². The Morgan fingerprint density at radius 3 is 2.17 bits per heavy atom. The molecule has 1 fully saturated rings. The predicted octanol–water partition coefficient (Wildman–Crippen LogP) is 5.63. The summed E-state index contributed by atoms with van der Waals surface area (Å²) < 4.78 is 5.85. The van der Waals surface area contributed by atoms with Crippen LogP contribution in [-0.2, 0) is 9.53 Å². The maximum Gasteiger partial charge on any atom is 0.307 e. The van der Waals surface area contributed by atoms with Crippen molar-refractivity contribution in [3.63, 3.8) is 0 Å². The summed E-state index contributed by atoms with van der Waals surface area (Å²) in [6, 6.07) is 4.49. The lowest BCUT2D eigenvalue weighted by Crippen LogP contribution is -2.26. The topological polar surface area (TPSA) is 26.3 Å². The molecule has 0 unspecified atom stereocenters. The van der Waals surface area contributed by atoms with Gasteiger partial charge in [-0.1, -0.05) is 37.0 Å². The molecule has 1 aromatic rings. The van der Waals surface area contributed by atoms with Crippen molar-refractivity contribution in [1.29, 1.82) is 0 Å². The number of benzene rings is 1. The predicted molar refractivity (Wildman–Crippen MR) is 94.1 cm³/mol. The van der Waals surface area contributed by atoms with Crippen LogP contribution in [0.2, 0.25) is 0 Å². The Hall–Kier alpha value is -1.57. The van der Waals surface area contributed by atoms with Crippen molar-refractivity contribution in [2.24, 2.45) is 5.41 Å². The van der Waals surface area contributed by atoms with Crippen LogP contribution in [0.5, 0.6) is 0 Å². The standard InChI is InChI=1S/C21H28O2/c1-14-12-15(2)19(16(3)13-14)18-8-11-21(9-6-5-7-10-21)20(18)23-17(4)22/h12-13H,5-11H2,1-4H3. The number of carbonyl (C=O) groups is 1. The van der Waals surface area contributed by atoms with E-state index in [4.69, 9.17) is 4.74 Å². The van der Waals surface area contributed by atoms with Gasteiger partial charge in [0.1, 0.15) is 5.76 Å². The minimum Gasteiger partial charge on any atom is -0.430 e. The third kappa shape index (κ3) is 2.96. The van der Waals surface area contributed by atoms with Gasteiger partial charge >= 0.3 is 5.97 Å². The summed E-state index contributed by atoms with van der Waals surface area (Å²) in [4.78, 5) is 11.8. The Balaban J connectivity index is 2.14. The van der Waals surface area contributed by atoms with Gasteiger partial charge < -0.3 is 4.74 Å². The van der Waals surface area contributed by atoms with E-state index in [1.807, 2.05) is 0 Å². The molecular weight excluding hydrogens is 284 g/mol. The monoisotopic (exact) mass is 312 g/mol. The number of carbonyl (C=O) groups excluding carboxylic acids is 1. The van der Waals surface area contributed by atoms with Crippen LogP contribution in [0.1, 0.15) is 74.1 Å². The second-order valence-corrected chi connectivity index (χ2v) is 7.52. The summed E-state index contributed by atoms with van der Waals surface area (Å²) in [5, 5.41) is 0. The molecule has 0 heterocycles. The van der Waals surface area contributed by atoms with E-state index < -0.39 is 0 Å². The lowest BCUT2D eigenvalue weighted by Gasteiger charge is -2.35. The molecule has 0 radical (unpaired) electrons. The third-order valence-corrected chi connectivity index (χ3v) is 5.64. The van der Waals surface area contributed by atoms with Gasteiger partial charge in [0.25, 0.3) is 0 Å². The summed E-state index contributed by atoms with van der Waals surface area (Å²) in [7, 11) is 0. The molecule has 2 heteroatoms. The zero-order valence-corrected chi connectivity index (χ0v) is 14.9. The van der Waals surface area contributed by atoms with Gasteiger partial charge in [-0.05, 0) is 68.7 Å². The first kappa shape index (κ1) is 16.3. The Labute approximate surface area is 139 Å². The van der Waals surface area contributed by atoms with Crippen molar-refractivity contribution in [2.75, 3.05) is 0 Å². The highest BCUT2D eigenvalue weighted by atomic mass is 16.5. The average Bonchev–Trinajstić information content (AvgIpc) is 2.77. The molecule has 0 saturated heterocycles. The molecule has 0 amide bonds. The molecule has 1 spiro atoms. The van der Waals surface area contributed by atoms with E-state index in [0.717, 1.165) is 18.6 Å². The Morgan fingerprint density at radius 2 is 1.61 bits per heavy atom. The molecule has 2 nitrogen and oxygen atoms in total. The summed E-state index contributed by atoms with van der Waals surface area (Å²) in [6.45, 7) is 8.04. The summed E-state index contributed by atoms with van der Waals surface area (Å²) in [6.07, 6.45) is 8.33. The van der Waals surface area contributed by atoms with Crippen molar-refractivity contribution in [3.8, 4) is 0 Å². The second kappa shape index (κ2) is 6.14. The van der Waals surface area contributed by atoms with Crippen molar-refractivity contribution < 1.29 is 9.53 Å². The molecule has 1 aromatic carbocycles. The Morgan fingerprint density at radius 1 is 1.00 bits per heavy atom. The maximum atomic E-state index is 11.8. The van der Waals surface area contributed by atoms with Crippen LogP contribution in [-0.4, -0.2) is 5.97 Å². The van der Waals surface area contributed by atoms with E-state index in [0.29, 0.717) is 0 Å². The number of esters is 1. The minimum absolute atomic E-state index is 0.114. The smallest absolute Gasteiger partial charge is 0.307 e. The molecule has 3 rings (SSSR count). The molecule has 2 aliphatic carbocycles. The average molecular weight is 312 g/mol. The Bertz CT molecular complexity index is 637. The molecule has 2 aliphatic rings. The lowest BCUT2D eigenvalue weighted by molar-refractivity contribution is -0.138. The van der Waals surface area contributed by atoms with Crippen LogP contribution in [0.4, 0.5) is 0 Å². The third-order valence-electron chi connectivity index (χ3n) is 5.64. The van der Waals surface area contributed by atoms with E-state index in [2.05, 4.69) is 32.9 Å². The van der Waals surface area contributed by atoms with Crippen molar-refractivity contribution in [2.45, 2.75) is 72.6 Å². The van der Waals surface area contributed by atoms with E-state index in [9.17, 15) is 4.79 Å². The Kier molecular flexibility index (Phi) is 4.35. The molecule has 0 N–H and O–H groups in total. The van der Waals surface area contributed by atoms with Gasteiger partial charge in [-0.3, -0.25) is 4.79 Å². The van der Waals surface area contributed by atoms with Gasteiger partial charge in [0.2, 0.25) is 0 Å². The van der Waals surface area contributed by atoms with Gasteiger partial charge in [0.05, 0.1) is 0 Å². The first-order valence-corrected chi connectivity index (χ1v) is 8.93. The number of hydrogen-bond acceptors (Lipinski definition) is 2. The fraction of sp³-hybridized carbons (Fsp3) is 0.571. The zero-order valence-electron chi connectivity index (χ0n) is 14.9. The lowest BCUT2D eigenvalue weighted by atomic mass is 9.72. The van der Waals surface area contributed by atoms with Crippen LogP contribution >= 0.6 is 0 Å². The highest BCUT2D eigenvalue weighted by molar-refractivity contribution is 5.78. The van der Waals surface area contributed by atoms with Crippen LogP contribution in [0.3, 0.4) is 0 Å². The minimum atomic E-state index is -0.174.